The van der Waals surface area contributed by atoms with Crippen LogP contribution in [0, 0.1) is 5.92 Å². The second-order valence-electron chi connectivity index (χ2n) is 5.86. The van der Waals surface area contributed by atoms with Crippen LogP contribution in [0.2, 0.25) is 0 Å². The van der Waals surface area contributed by atoms with Crippen LogP contribution >= 0.6 is 15.9 Å². The molecular formula is C17H20BrNO. The minimum atomic E-state index is 0.282. The number of carbonyl (C=O) groups excluding carboxylic acids is 1. The first-order valence-electron chi connectivity index (χ1n) is 7.54. The maximum absolute atomic E-state index is 12.4. The molecule has 1 N–H and O–H groups in total. The van der Waals surface area contributed by atoms with Gasteiger partial charge in [-0.3, -0.25) is 4.79 Å². The number of fused-ring (bicyclic) bond motifs is 1. The predicted octanol–water partition coefficient (Wildman–Crippen LogP) is 5.47. The molecule has 2 aromatic rings. The summed E-state index contributed by atoms with van der Waals surface area (Å²) in [7, 11) is 0. The van der Waals surface area contributed by atoms with Gasteiger partial charge in [0.2, 0.25) is 0 Å². The predicted molar refractivity (Wildman–Crippen MR) is 86.1 cm³/mol. The summed E-state index contributed by atoms with van der Waals surface area (Å²) < 4.78 is 1.04. The van der Waals surface area contributed by atoms with E-state index in [1.54, 1.807) is 0 Å². The Hall–Kier alpha value is -1.09. The number of hydrogen-bond donors (Lipinski definition) is 1. The van der Waals surface area contributed by atoms with Gasteiger partial charge in [-0.2, -0.15) is 0 Å². The molecule has 106 valence electrons. The van der Waals surface area contributed by atoms with Gasteiger partial charge in [0.1, 0.15) is 0 Å². The van der Waals surface area contributed by atoms with Gasteiger partial charge in [-0.25, -0.2) is 0 Å². The molecule has 1 fully saturated rings. The van der Waals surface area contributed by atoms with E-state index in [0.717, 1.165) is 33.3 Å². The van der Waals surface area contributed by atoms with Crippen LogP contribution in [0.25, 0.3) is 10.9 Å². The number of Topliss-reactive ketones (excluding diaryl/α,β-unsaturated/α-hetero) is 1. The molecule has 3 heteroatoms. The van der Waals surface area contributed by atoms with Crippen molar-refractivity contribution < 1.29 is 4.79 Å². The zero-order valence-corrected chi connectivity index (χ0v) is 13.2. The van der Waals surface area contributed by atoms with Crippen molar-refractivity contribution >= 4 is 32.6 Å². The van der Waals surface area contributed by atoms with Crippen molar-refractivity contribution in [3.05, 3.63) is 34.4 Å². The third-order valence-corrected chi connectivity index (χ3v) is 4.94. The quantitative estimate of drug-likeness (QED) is 0.739. The van der Waals surface area contributed by atoms with Crippen molar-refractivity contribution in [2.45, 2.75) is 44.9 Å². The van der Waals surface area contributed by atoms with E-state index in [0.29, 0.717) is 6.42 Å². The van der Waals surface area contributed by atoms with E-state index in [1.807, 2.05) is 24.4 Å². The van der Waals surface area contributed by atoms with Gasteiger partial charge in [-0.15, -0.1) is 0 Å². The average molecular weight is 334 g/mol. The summed E-state index contributed by atoms with van der Waals surface area (Å²) in [6.45, 7) is 0. The molecule has 0 amide bonds. The van der Waals surface area contributed by atoms with E-state index in [9.17, 15) is 4.79 Å². The summed E-state index contributed by atoms with van der Waals surface area (Å²) in [5.74, 6) is 1.05. The number of aromatic amines is 1. The molecule has 0 spiro atoms. The largest absolute Gasteiger partial charge is 0.360 e. The Morgan fingerprint density at radius 2 is 2.05 bits per heavy atom. The molecule has 20 heavy (non-hydrogen) atoms. The van der Waals surface area contributed by atoms with E-state index in [2.05, 4.69) is 20.9 Å². The van der Waals surface area contributed by atoms with Crippen molar-refractivity contribution in [1.82, 2.24) is 4.98 Å². The van der Waals surface area contributed by atoms with Gasteiger partial charge in [-0.05, 0) is 24.5 Å². The number of benzene rings is 1. The fraction of sp³-hybridized carbons (Fsp3) is 0.471. The standard InChI is InChI=1S/C17H20BrNO/c18-13-7-8-14-15(11-19-16(14)10-13)17(20)9-6-12-4-2-1-3-5-12/h7-8,10-12,19H,1-6,9H2. The fourth-order valence-corrected chi connectivity index (χ4v) is 3.64. The maximum Gasteiger partial charge on any atom is 0.165 e. The molecule has 0 unspecified atom stereocenters. The lowest BCUT2D eigenvalue weighted by Gasteiger charge is -2.20. The normalized spacial score (nSPS) is 16.6. The Kier molecular flexibility index (Phi) is 4.25. The van der Waals surface area contributed by atoms with Gasteiger partial charge in [-0.1, -0.05) is 54.1 Å². The summed E-state index contributed by atoms with van der Waals surface area (Å²) in [6.07, 6.45) is 10.3. The Balaban J connectivity index is 1.69. The zero-order valence-electron chi connectivity index (χ0n) is 11.6. The first-order valence-corrected chi connectivity index (χ1v) is 8.33. The van der Waals surface area contributed by atoms with Gasteiger partial charge in [0, 0.05) is 33.6 Å². The van der Waals surface area contributed by atoms with Crippen molar-refractivity contribution in [2.75, 3.05) is 0 Å². The van der Waals surface area contributed by atoms with E-state index < -0.39 is 0 Å². The molecule has 3 rings (SSSR count). The molecule has 1 aliphatic carbocycles. The van der Waals surface area contributed by atoms with Crippen LogP contribution in [0.4, 0.5) is 0 Å². The average Bonchev–Trinajstić information content (AvgIpc) is 2.89. The minimum absolute atomic E-state index is 0.282. The Labute approximate surface area is 128 Å². The SMILES string of the molecule is O=C(CCC1CCCCC1)c1c[nH]c2cc(Br)ccc12. The first kappa shape index (κ1) is 13.9. The molecule has 1 saturated carbocycles. The lowest BCUT2D eigenvalue weighted by molar-refractivity contribution is 0.0972. The molecule has 1 aliphatic rings. The van der Waals surface area contributed by atoms with E-state index in [-0.39, 0.29) is 5.78 Å². The van der Waals surface area contributed by atoms with Crippen LogP contribution in [-0.2, 0) is 0 Å². The smallest absolute Gasteiger partial charge is 0.165 e. The van der Waals surface area contributed by atoms with Gasteiger partial charge in [0.25, 0.3) is 0 Å². The molecule has 0 bridgehead atoms. The third kappa shape index (κ3) is 2.98. The Bertz CT molecular complexity index is 610. The molecule has 2 nitrogen and oxygen atoms in total. The highest BCUT2D eigenvalue weighted by molar-refractivity contribution is 9.10. The number of ketones is 1. The molecule has 1 heterocycles. The Morgan fingerprint density at radius 3 is 2.85 bits per heavy atom. The molecule has 0 aliphatic heterocycles. The van der Waals surface area contributed by atoms with Crippen LogP contribution in [0.1, 0.15) is 55.3 Å². The highest BCUT2D eigenvalue weighted by Gasteiger charge is 2.17. The van der Waals surface area contributed by atoms with Crippen molar-refractivity contribution in [3.63, 3.8) is 0 Å². The number of carbonyl (C=O) groups is 1. The van der Waals surface area contributed by atoms with Gasteiger partial charge in [0.15, 0.2) is 5.78 Å². The van der Waals surface area contributed by atoms with Gasteiger partial charge < -0.3 is 4.98 Å². The number of rotatable bonds is 4. The lowest BCUT2D eigenvalue weighted by Crippen LogP contribution is -2.09. The summed E-state index contributed by atoms with van der Waals surface area (Å²) in [5.41, 5.74) is 1.88. The minimum Gasteiger partial charge on any atom is -0.360 e. The summed E-state index contributed by atoms with van der Waals surface area (Å²) in [6, 6.07) is 6.03. The summed E-state index contributed by atoms with van der Waals surface area (Å²) in [5, 5.41) is 1.04. The topological polar surface area (TPSA) is 32.9 Å². The van der Waals surface area contributed by atoms with E-state index in [1.165, 1.54) is 32.1 Å². The van der Waals surface area contributed by atoms with Crippen molar-refractivity contribution in [3.8, 4) is 0 Å². The molecule has 0 radical (unpaired) electrons. The third-order valence-electron chi connectivity index (χ3n) is 4.45. The number of aromatic nitrogens is 1. The number of nitrogens with one attached hydrogen (secondary N) is 1. The monoisotopic (exact) mass is 333 g/mol. The van der Waals surface area contributed by atoms with E-state index >= 15 is 0 Å². The maximum atomic E-state index is 12.4. The number of hydrogen-bond acceptors (Lipinski definition) is 1. The molecule has 1 aromatic heterocycles. The second-order valence-corrected chi connectivity index (χ2v) is 6.77. The molecular weight excluding hydrogens is 314 g/mol. The van der Waals surface area contributed by atoms with Crippen LogP contribution in [-0.4, -0.2) is 10.8 Å². The zero-order chi connectivity index (χ0) is 13.9. The number of halogens is 1. The Morgan fingerprint density at radius 1 is 1.25 bits per heavy atom. The van der Waals surface area contributed by atoms with Crippen LogP contribution in [0.3, 0.4) is 0 Å². The highest BCUT2D eigenvalue weighted by atomic mass is 79.9. The van der Waals surface area contributed by atoms with E-state index in [4.69, 9.17) is 0 Å². The molecule has 0 atom stereocenters. The van der Waals surface area contributed by atoms with Crippen LogP contribution in [0.5, 0.6) is 0 Å². The van der Waals surface area contributed by atoms with Crippen LogP contribution in [0.15, 0.2) is 28.9 Å². The van der Waals surface area contributed by atoms with Gasteiger partial charge >= 0.3 is 0 Å². The lowest BCUT2D eigenvalue weighted by atomic mass is 9.85. The van der Waals surface area contributed by atoms with Gasteiger partial charge in [0.05, 0.1) is 0 Å². The molecule has 1 aromatic carbocycles. The first-order chi connectivity index (χ1) is 9.74. The van der Waals surface area contributed by atoms with Crippen molar-refractivity contribution in [2.24, 2.45) is 5.92 Å². The fourth-order valence-electron chi connectivity index (χ4n) is 3.27. The van der Waals surface area contributed by atoms with Crippen molar-refractivity contribution in [1.29, 1.82) is 0 Å². The second kappa shape index (κ2) is 6.13. The highest BCUT2D eigenvalue weighted by Crippen LogP contribution is 2.29. The van der Waals surface area contributed by atoms with Crippen LogP contribution < -0.4 is 0 Å². The molecule has 0 saturated heterocycles. The summed E-state index contributed by atoms with van der Waals surface area (Å²) in [4.78, 5) is 15.6. The number of H-pyrrole nitrogens is 1. The summed E-state index contributed by atoms with van der Waals surface area (Å²) >= 11 is 3.46.